The van der Waals surface area contributed by atoms with E-state index in [1.165, 1.54) is 13.2 Å². The van der Waals surface area contributed by atoms with Crippen molar-refractivity contribution in [3.8, 4) is 11.5 Å². The number of anilines is 1. The SMILES string of the molecule is COc1cc(CN(C)C(=O)C2CCCN(C(=O)Nc3cccc(C)c3)C2)ccc1OC(F)F. The van der Waals surface area contributed by atoms with Gasteiger partial charge in [0.15, 0.2) is 11.5 Å². The number of rotatable bonds is 7. The monoisotopic (exact) mass is 461 g/mol. The molecule has 178 valence electrons. The number of amides is 3. The summed E-state index contributed by atoms with van der Waals surface area (Å²) in [6.07, 6.45) is 1.43. The van der Waals surface area contributed by atoms with Gasteiger partial charge in [-0.3, -0.25) is 4.79 Å². The number of aryl methyl sites for hydroxylation is 1. The number of hydrogen-bond acceptors (Lipinski definition) is 4. The topological polar surface area (TPSA) is 71.1 Å². The van der Waals surface area contributed by atoms with Gasteiger partial charge in [-0.2, -0.15) is 8.78 Å². The van der Waals surface area contributed by atoms with Gasteiger partial charge >= 0.3 is 12.6 Å². The second-order valence-corrected chi connectivity index (χ2v) is 8.14. The molecule has 2 aromatic carbocycles. The molecule has 3 rings (SSSR count). The predicted molar refractivity (Wildman–Crippen MR) is 121 cm³/mol. The van der Waals surface area contributed by atoms with Crippen molar-refractivity contribution in [1.82, 2.24) is 9.80 Å². The van der Waals surface area contributed by atoms with Crippen molar-refractivity contribution in [2.24, 2.45) is 5.92 Å². The van der Waals surface area contributed by atoms with Crippen LogP contribution in [-0.2, 0) is 11.3 Å². The summed E-state index contributed by atoms with van der Waals surface area (Å²) in [5.74, 6) is -0.275. The van der Waals surface area contributed by atoms with Crippen LogP contribution in [0.15, 0.2) is 42.5 Å². The van der Waals surface area contributed by atoms with Gasteiger partial charge < -0.3 is 24.6 Å². The zero-order valence-corrected chi connectivity index (χ0v) is 19.0. The lowest BCUT2D eigenvalue weighted by molar-refractivity contribution is -0.136. The third kappa shape index (κ3) is 6.57. The molecule has 0 saturated carbocycles. The van der Waals surface area contributed by atoms with Gasteiger partial charge in [0.2, 0.25) is 5.91 Å². The smallest absolute Gasteiger partial charge is 0.387 e. The summed E-state index contributed by atoms with van der Waals surface area (Å²) in [5, 5.41) is 2.90. The quantitative estimate of drug-likeness (QED) is 0.659. The molecule has 1 atom stereocenters. The number of carbonyl (C=O) groups excluding carboxylic acids is 2. The number of nitrogens with one attached hydrogen (secondary N) is 1. The summed E-state index contributed by atoms with van der Waals surface area (Å²) in [4.78, 5) is 29.0. The lowest BCUT2D eigenvalue weighted by atomic mass is 9.96. The Morgan fingerprint density at radius 2 is 2.00 bits per heavy atom. The number of likely N-dealkylation sites (tertiary alicyclic amines) is 1. The Morgan fingerprint density at radius 3 is 2.70 bits per heavy atom. The number of urea groups is 1. The summed E-state index contributed by atoms with van der Waals surface area (Å²) in [6, 6.07) is 11.9. The molecule has 1 saturated heterocycles. The second-order valence-electron chi connectivity index (χ2n) is 8.14. The van der Waals surface area contributed by atoms with Crippen molar-refractivity contribution < 1.29 is 27.8 Å². The fourth-order valence-electron chi connectivity index (χ4n) is 3.96. The second kappa shape index (κ2) is 11.0. The lowest BCUT2D eigenvalue weighted by Crippen LogP contribution is -2.47. The number of methoxy groups -OCH3 is 1. The predicted octanol–water partition coefficient (Wildman–Crippen LogP) is 4.51. The molecule has 2 aromatic rings. The highest BCUT2D eigenvalue weighted by Gasteiger charge is 2.30. The number of carbonyl (C=O) groups is 2. The summed E-state index contributed by atoms with van der Waals surface area (Å²) in [7, 11) is 3.05. The zero-order valence-electron chi connectivity index (χ0n) is 19.0. The van der Waals surface area contributed by atoms with E-state index in [9.17, 15) is 18.4 Å². The number of piperidine rings is 1. The minimum atomic E-state index is -2.95. The molecule has 1 N–H and O–H groups in total. The molecule has 3 amide bonds. The van der Waals surface area contributed by atoms with E-state index in [2.05, 4.69) is 10.1 Å². The number of ether oxygens (including phenoxy) is 2. The molecule has 9 heteroatoms. The van der Waals surface area contributed by atoms with E-state index >= 15 is 0 Å². The van der Waals surface area contributed by atoms with Gasteiger partial charge in [0, 0.05) is 32.4 Å². The highest BCUT2D eigenvalue weighted by molar-refractivity contribution is 5.90. The number of benzene rings is 2. The van der Waals surface area contributed by atoms with Crippen molar-refractivity contribution in [3.05, 3.63) is 53.6 Å². The Morgan fingerprint density at radius 1 is 1.21 bits per heavy atom. The van der Waals surface area contributed by atoms with Crippen molar-refractivity contribution >= 4 is 17.6 Å². The highest BCUT2D eigenvalue weighted by atomic mass is 19.3. The molecule has 0 aliphatic carbocycles. The Balaban J connectivity index is 1.60. The summed E-state index contributed by atoms with van der Waals surface area (Å²) in [5.41, 5.74) is 2.49. The molecule has 1 aliphatic heterocycles. The zero-order chi connectivity index (χ0) is 24.0. The molecule has 0 spiro atoms. The minimum absolute atomic E-state index is 0.0622. The average molecular weight is 462 g/mol. The van der Waals surface area contributed by atoms with E-state index in [0.717, 1.165) is 17.7 Å². The normalized spacial score (nSPS) is 15.8. The molecule has 1 unspecified atom stereocenters. The fraction of sp³-hybridized carbons (Fsp3) is 0.417. The first-order chi connectivity index (χ1) is 15.8. The van der Waals surface area contributed by atoms with Crippen LogP contribution in [0.5, 0.6) is 11.5 Å². The van der Waals surface area contributed by atoms with Gasteiger partial charge in [-0.05, 0) is 55.2 Å². The molecule has 0 bridgehead atoms. The molecule has 1 fully saturated rings. The van der Waals surface area contributed by atoms with Gasteiger partial charge in [-0.25, -0.2) is 4.79 Å². The molecule has 1 heterocycles. The molecule has 1 aliphatic rings. The summed E-state index contributed by atoms with van der Waals surface area (Å²) >= 11 is 0. The standard InChI is InChI=1S/C24H29F2N3O4/c1-16-6-4-8-19(12-16)27-24(31)29-11-5-7-18(15-29)22(30)28(2)14-17-9-10-20(33-23(25)26)21(13-17)32-3/h4,6,8-10,12-13,18,23H,5,7,11,14-15H2,1-3H3,(H,27,31). The van der Waals surface area contributed by atoms with Crippen LogP contribution in [0, 0.1) is 12.8 Å². The van der Waals surface area contributed by atoms with Crippen LogP contribution in [0.2, 0.25) is 0 Å². The van der Waals surface area contributed by atoms with Crippen molar-refractivity contribution in [3.63, 3.8) is 0 Å². The maximum Gasteiger partial charge on any atom is 0.387 e. The van der Waals surface area contributed by atoms with Crippen molar-refractivity contribution in [1.29, 1.82) is 0 Å². The molecule has 0 aromatic heterocycles. The van der Waals surface area contributed by atoms with E-state index in [-0.39, 0.29) is 35.9 Å². The molecular weight excluding hydrogens is 432 g/mol. The Kier molecular flexibility index (Phi) is 8.08. The first kappa shape index (κ1) is 24.3. The van der Waals surface area contributed by atoms with Crippen molar-refractivity contribution in [2.45, 2.75) is 32.9 Å². The number of hydrogen-bond donors (Lipinski definition) is 1. The van der Waals surface area contributed by atoms with Gasteiger partial charge in [0.25, 0.3) is 0 Å². The third-order valence-electron chi connectivity index (χ3n) is 5.57. The molecule has 33 heavy (non-hydrogen) atoms. The fourth-order valence-corrected chi connectivity index (χ4v) is 3.96. The van der Waals surface area contributed by atoms with E-state index in [1.54, 1.807) is 29.0 Å². The Hall–Kier alpha value is -3.36. The lowest BCUT2D eigenvalue weighted by Gasteiger charge is -2.34. The van der Waals surface area contributed by atoms with Crippen LogP contribution >= 0.6 is 0 Å². The van der Waals surface area contributed by atoms with Crippen LogP contribution in [0.4, 0.5) is 19.3 Å². The maximum absolute atomic E-state index is 13.1. The summed E-state index contributed by atoms with van der Waals surface area (Å²) < 4.78 is 34.6. The molecular formula is C24H29F2N3O4. The van der Waals surface area contributed by atoms with Crippen molar-refractivity contribution in [2.75, 3.05) is 32.6 Å². The largest absolute Gasteiger partial charge is 0.493 e. The molecule has 0 radical (unpaired) electrons. The number of nitrogens with zero attached hydrogens (tertiary/aromatic N) is 2. The van der Waals surface area contributed by atoms with Crippen LogP contribution < -0.4 is 14.8 Å². The van der Waals surface area contributed by atoms with Gasteiger partial charge in [-0.15, -0.1) is 0 Å². The molecule has 7 nitrogen and oxygen atoms in total. The van der Waals surface area contributed by atoms with Crippen LogP contribution in [-0.4, -0.2) is 55.6 Å². The number of alkyl halides is 2. The van der Waals surface area contributed by atoms with Crippen LogP contribution in [0.3, 0.4) is 0 Å². The van der Waals surface area contributed by atoms with E-state index in [0.29, 0.717) is 25.1 Å². The Labute approximate surface area is 192 Å². The first-order valence-corrected chi connectivity index (χ1v) is 10.8. The van der Waals surface area contributed by atoms with Crippen LogP contribution in [0.25, 0.3) is 0 Å². The van der Waals surface area contributed by atoms with Gasteiger partial charge in [0.1, 0.15) is 0 Å². The Bertz CT molecular complexity index is 986. The maximum atomic E-state index is 13.1. The minimum Gasteiger partial charge on any atom is -0.493 e. The average Bonchev–Trinajstić information content (AvgIpc) is 2.79. The highest BCUT2D eigenvalue weighted by Crippen LogP contribution is 2.30. The summed E-state index contributed by atoms with van der Waals surface area (Å²) in [6.45, 7) is 0.206. The van der Waals surface area contributed by atoms with E-state index in [1.807, 2.05) is 31.2 Å². The van der Waals surface area contributed by atoms with Gasteiger partial charge in [0.05, 0.1) is 13.0 Å². The first-order valence-electron chi connectivity index (χ1n) is 10.8. The third-order valence-corrected chi connectivity index (χ3v) is 5.57. The van der Waals surface area contributed by atoms with E-state index in [4.69, 9.17) is 4.74 Å². The number of halogens is 2. The van der Waals surface area contributed by atoms with E-state index < -0.39 is 6.61 Å². The van der Waals surface area contributed by atoms with Gasteiger partial charge in [-0.1, -0.05) is 18.2 Å². The van der Waals surface area contributed by atoms with Crippen LogP contribution in [0.1, 0.15) is 24.0 Å².